The maximum Gasteiger partial charge on any atom is 0.221 e. The van der Waals surface area contributed by atoms with Gasteiger partial charge in [0.05, 0.1) is 25.9 Å². The van der Waals surface area contributed by atoms with Gasteiger partial charge in [-0.3, -0.25) is 4.79 Å². The normalized spacial score (nSPS) is 22.7. The molecular weight excluding hydrogens is 536 g/mol. The molecule has 1 aliphatic heterocycles. The van der Waals surface area contributed by atoms with Crippen LogP contribution in [0.15, 0.2) is 73.3 Å². The summed E-state index contributed by atoms with van der Waals surface area (Å²) in [6.07, 6.45) is 5.51. The van der Waals surface area contributed by atoms with E-state index in [-0.39, 0.29) is 32.1 Å². The third-order valence-electron chi connectivity index (χ3n) is 7.13. The molecule has 218 valence electrons. The van der Waals surface area contributed by atoms with Crippen LogP contribution >= 0.6 is 11.8 Å². The molecule has 0 bridgehead atoms. The van der Waals surface area contributed by atoms with E-state index >= 15 is 0 Å². The molecule has 1 aliphatic rings. The van der Waals surface area contributed by atoms with Gasteiger partial charge >= 0.3 is 0 Å². The minimum absolute atomic E-state index is 0.174. The number of carbonyl (C=O) groups excluding carboxylic acids is 1. The van der Waals surface area contributed by atoms with Crippen LogP contribution in [0.2, 0.25) is 0 Å². The number of hydrogen-bond acceptors (Lipinski definition) is 7. The molecule has 0 aliphatic carbocycles. The van der Waals surface area contributed by atoms with Crippen LogP contribution in [0.3, 0.4) is 0 Å². The van der Waals surface area contributed by atoms with Crippen molar-refractivity contribution in [3.63, 3.8) is 0 Å². The molecule has 0 spiro atoms. The first-order chi connectivity index (χ1) is 20.0. The average Bonchev–Trinajstić information content (AvgIpc) is 2.98. The number of ether oxygens (including phenoxy) is 3. The first-order valence-corrected chi connectivity index (χ1v) is 15.2. The number of carbonyl (C=O) groups is 1. The van der Waals surface area contributed by atoms with Crippen LogP contribution in [0.25, 0.3) is 22.9 Å². The third-order valence-corrected chi connectivity index (χ3v) is 8.00. The Balaban J connectivity index is 1.48. The Morgan fingerprint density at radius 3 is 2.59 bits per heavy atom. The summed E-state index contributed by atoms with van der Waals surface area (Å²) in [6, 6.07) is 19.8. The predicted molar refractivity (Wildman–Crippen MR) is 167 cm³/mol. The first-order valence-electron chi connectivity index (χ1n) is 13.9. The van der Waals surface area contributed by atoms with Gasteiger partial charge in [-0.05, 0) is 58.3 Å². The molecule has 0 radical (unpaired) electrons. The summed E-state index contributed by atoms with van der Waals surface area (Å²) >= 11 is 1.46. The summed E-state index contributed by atoms with van der Waals surface area (Å²) in [5, 5.41) is 16.8. The molecule has 0 saturated carbocycles. The average molecular weight is 577 g/mol. The van der Waals surface area contributed by atoms with E-state index < -0.39 is 29.8 Å². The lowest BCUT2D eigenvalue weighted by Crippen LogP contribution is -2.64. The summed E-state index contributed by atoms with van der Waals surface area (Å²) in [6.45, 7) is 6.89. The Morgan fingerprint density at radius 2 is 1.85 bits per heavy atom. The second-order valence-electron chi connectivity index (χ2n) is 10.0. The quantitative estimate of drug-likeness (QED) is 0.266. The van der Waals surface area contributed by atoms with Crippen molar-refractivity contribution in [1.29, 1.82) is 0 Å². The standard InChI is InChI=1S/C33H40N2O5S/c1-4-8-26-18-23(11-13-24(26)5-2)20-39-32-30(35-29(36)15-16-34)33(41-3)40-28(31(32)37)21-38-19-22-12-14-25-9-6-7-10-27(25)17-22/h4-14,17-18,28,30-33,37H,2,15-16,19-21,34H2,1,3H3,(H,35,36)/b8-4-/t28?,30-,31-,32+,33?/m1/s1. The molecule has 4 N–H and O–H groups in total. The molecule has 0 aromatic heterocycles. The number of nitrogens with one attached hydrogen (secondary N) is 1. The van der Waals surface area contributed by atoms with E-state index in [1.807, 2.05) is 67.8 Å². The monoisotopic (exact) mass is 576 g/mol. The largest absolute Gasteiger partial charge is 0.388 e. The summed E-state index contributed by atoms with van der Waals surface area (Å²) in [5.41, 5.74) is 9.20. The molecule has 3 aromatic carbocycles. The van der Waals surface area contributed by atoms with Gasteiger partial charge < -0.3 is 30.4 Å². The summed E-state index contributed by atoms with van der Waals surface area (Å²) in [5.74, 6) is -0.211. The molecule has 41 heavy (non-hydrogen) atoms. The fourth-order valence-corrected chi connectivity index (χ4v) is 5.81. The molecule has 1 fully saturated rings. The van der Waals surface area contributed by atoms with Gasteiger partial charge in [0.15, 0.2) is 0 Å². The lowest BCUT2D eigenvalue weighted by Gasteiger charge is -2.44. The summed E-state index contributed by atoms with van der Waals surface area (Å²) < 4.78 is 18.6. The van der Waals surface area contributed by atoms with Gasteiger partial charge in [0.25, 0.3) is 0 Å². The van der Waals surface area contributed by atoms with Crippen molar-refractivity contribution >= 4 is 40.6 Å². The Morgan fingerprint density at radius 1 is 1.10 bits per heavy atom. The van der Waals surface area contributed by atoms with E-state index in [0.717, 1.165) is 27.6 Å². The maximum atomic E-state index is 12.6. The smallest absolute Gasteiger partial charge is 0.221 e. The number of aliphatic hydroxyl groups is 1. The van der Waals surface area contributed by atoms with Crippen LogP contribution in [0, 0.1) is 0 Å². The number of benzene rings is 3. The van der Waals surface area contributed by atoms with Crippen LogP contribution in [0.1, 0.15) is 35.6 Å². The fourth-order valence-electron chi connectivity index (χ4n) is 5.04. The van der Waals surface area contributed by atoms with E-state index in [1.54, 1.807) is 0 Å². The van der Waals surface area contributed by atoms with Gasteiger partial charge in [-0.25, -0.2) is 0 Å². The summed E-state index contributed by atoms with van der Waals surface area (Å²) in [7, 11) is 0. The van der Waals surface area contributed by atoms with Crippen LogP contribution in [-0.4, -0.2) is 60.2 Å². The molecule has 7 nitrogen and oxygen atoms in total. The van der Waals surface area contributed by atoms with Crippen molar-refractivity contribution in [2.45, 2.75) is 56.3 Å². The van der Waals surface area contributed by atoms with Gasteiger partial charge in [-0.1, -0.05) is 73.3 Å². The molecule has 1 amide bonds. The first kappa shape index (κ1) is 31.0. The van der Waals surface area contributed by atoms with Crippen molar-refractivity contribution < 1.29 is 24.1 Å². The third kappa shape index (κ3) is 8.07. The van der Waals surface area contributed by atoms with Crippen molar-refractivity contribution in [2.75, 3.05) is 19.4 Å². The highest BCUT2D eigenvalue weighted by Gasteiger charge is 2.46. The number of thioether (sulfide) groups is 1. The van der Waals surface area contributed by atoms with E-state index in [2.05, 4.69) is 36.2 Å². The second kappa shape index (κ2) is 15.3. The van der Waals surface area contributed by atoms with Crippen LogP contribution in [-0.2, 0) is 32.2 Å². The lowest BCUT2D eigenvalue weighted by molar-refractivity contribution is -0.196. The maximum absolute atomic E-state index is 12.6. The summed E-state index contributed by atoms with van der Waals surface area (Å²) in [4.78, 5) is 12.6. The Labute approximate surface area is 246 Å². The molecule has 8 heteroatoms. The van der Waals surface area contributed by atoms with E-state index in [1.165, 1.54) is 17.1 Å². The Hall–Kier alpha value is -2.98. The number of hydrogen-bond donors (Lipinski definition) is 3. The van der Waals surface area contributed by atoms with Crippen molar-refractivity contribution in [1.82, 2.24) is 5.32 Å². The molecule has 3 aromatic rings. The van der Waals surface area contributed by atoms with E-state index in [4.69, 9.17) is 19.9 Å². The van der Waals surface area contributed by atoms with Crippen molar-refractivity contribution in [2.24, 2.45) is 5.73 Å². The zero-order valence-corrected chi connectivity index (χ0v) is 24.5. The molecular formula is C33H40N2O5S. The highest BCUT2D eigenvalue weighted by Crippen LogP contribution is 2.30. The molecule has 5 atom stereocenters. The highest BCUT2D eigenvalue weighted by molar-refractivity contribution is 7.99. The van der Waals surface area contributed by atoms with Gasteiger partial charge in [0.1, 0.15) is 23.7 Å². The van der Waals surface area contributed by atoms with E-state index in [9.17, 15) is 9.90 Å². The fraction of sp³-hybridized carbons (Fsp3) is 0.364. The zero-order valence-electron chi connectivity index (χ0n) is 23.7. The van der Waals surface area contributed by atoms with Gasteiger partial charge in [-0.15, -0.1) is 11.8 Å². The predicted octanol–water partition coefficient (Wildman–Crippen LogP) is 4.90. The minimum atomic E-state index is -1.03. The van der Waals surface area contributed by atoms with Crippen LogP contribution in [0.4, 0.5) is 0 Å². The second-order valence-corrected chi connectivity index (χ2v) is 11.0. The number of nitrogens with two attached hydrogens (primary N) is 1. The van der Waals surface area contributed by atoms with Gasteiger partial charge in [0.2, 0.25) is 5.91 Å². The Kier molecular flexibility index (Phi) is 11.6. The number of aliphatic hydroxyl groups excluding tert-OH is 1. The van der Waals surface area contributed by atoms with E-state index in [0.29, 0.717) is 6.61 Å². The number of rotatable bonds is 13. The van der Waals surface area contributed by atoms with Gasteiger partial charge in [0, 0.05) is 13.0 Å². The molecule has 1 heterocycles. The van der Waals surface area contributed by atoms with Crippen LogP contribution in [0.5, 0.6) is 0 Å². The van der Waals surface area contributed by atoms with Crippen molar-refractivity contribution in [3.8, 4) is 0 Å². The number of allylic oxidation sites excluding steroid dienone is 1. The zero-order chi connectivity index (χ0) is 29.2. The SMILES string of the molecule is C=Cc1ccc(CO[C@@H]2[C@H](O)C(COCc3ccc4ccccc4c3)OC(SC)[C@@H]2NC(=O)CCN)cc1/C=C\C. The molecule has 2 unspecified atom stereocenters. The number of fused-ring (bicyclic) bond motifs is 1. The van der Waals surface area contributed by atoms with Gasteiger partial charge in [-0.2, -0.15) is 0 Å². The topological polar surface area (TPSA) is 103 Å². The lowest BCUT2D eigenvalue weighted by atomic mass is 9.97. The number of amides is 1. The van der Waals surface area contributed by atoms with Crippen molar-refractivity contribution in [3.05, 3.63) is 95.6 Å². The Bertz CT molecular complexity index is 1350. The highest BCUT2D eigenvalue weighted by atomic mass is 32.2. The van der Waals surface area contributed by atoms with Crippen LogP contribution < -0.4 is 11.1 Å². The molecule has 4 rings (SSSR count). The molecule has 1 saturated heterocycles. The minimum Gasteiger partial charge on any atom is -0.388 e.